The fourth-order valence-electron chi connectivity index (χ4n) is 1.03. The monoisotopic (exact) mass is 173 g/mol. The molecule has 2 heteroatoms. The van der Waals surface area contributed by atoms with Crippen molar-refractivity contribution in [2.24, 2.45) is 5.92 Å². The molecule has 1 aliphatic rings. The SMILES string of the molecule is CC(C)C.COC1CCNCC1. The van der Waals surface area contributed by atoms with Crippen molar-refractivity contribution in [1.82, 2.24) is 5.32 Å². The second kappa shape index (κ2) is 7.56. The zero-order chi connectivity index (χ0) is 9.40. The van der Waals surface area contributed by atoms with Crippen molar-refractivity contribution in [3.8, 4) is 0 Å². The number of ether oxygens (including phenoxy) is 1. The van der Waals surface area contributed by atoms with Crippen molar-refractivity contribution in [3.05, 3.63) is 0 Å². The van der Waals surface area contributed by atoms with Gasteiger partial charge in [-0.3, -0.25) is 0 Å². The zero-order valence-electron chi connectivity index (χ0n) is 8.89. The molecule has 1 fully saturated rings. The molecule has 1 N–H and O–H groups in total. The van der Waals surface area contributed by atoms with Crippen LogP contribution in [0, 0.1) is 5.92 Å². The third-order valence-corrected chi connectivity index (χ3v) is 1.62. The first-order valence-corrected chi connectivity index (χ1v) is 4.90. The molecule has 0 aromatic carbocycles. The molecule has 0 aromatic rings. The largest absolute Gasteiger partial charge is 0.381 e. The average Bonchev–Trinajstić information content (AvgIpc) is 2.05. The van der Waals surface area contributed by atoms with Gasteiger partial charge < -0.3 is 10.1 Å². The standard InChI is InChI=1S/C6H13NO.C4H10/c1-8-6-2-4-7-5-3-6;1-4(2)3/h6-7H,2-5H2,1H3;4H,1-3H3. The van der Waals surface area contributed by atoms with Crippen LogP contribution in [0.4, 0.5) is 0 Å². The van der Waals surface area contributed by atoms with Gasteiger partial charge in [0.25, 0.3) is 0 Å². The Kier molecular flexibility index (Phi) is 7.51. The quantitative estimate of drug-likeness (QED) is 0.655. The van der Waals surface area contributed by atoms with Crippen LogP contribution in [0.5, 0.6) is 0 Å². The Morgan fingerprint density at radius 3 is 1.83 bits per heavy atom. The van der Waals surface area contributed by atoms with Crippen molar-refractivity contribution < 1.29 is 4.74 Å². The second-order valence-corrected chi connectivity index (χ2v) is 3.92. The summed E-state index contributed by atoms with van der Waals surface area (Å²) in [6.07, 6.45) is 2.88. The maximum Gasteiger partial charge on any atom is 0.0595 e. The molecule has 74 valence electrons. The maximum atomic E-state index is 5.15. The minimum atomic E-state index is 0.524. The highest BCUT2D eigenvalue weighted by Gasteiger charge is 2.09. The van der Waals surface area contributed by atoms with E-state index in [1.165, 1.54) is 12.8 Å². The van der Waals surface area contributed by atoms with Gasteiger partial charge in [0.15, 0.2) is 0 Å². The Hall–Kier alpha value is -0.0800. The van der Waals surface area contributed by atoms with Crippen molar-refractivity contribution in [2.75, 3.05) is 20.2 Å². The molecule has 1 aliphatic heterocycles. The number of hydrogen-bond acceptors (Lipinski definition) is 2. The molecular weight excluding hydrogens is 150 g/mol. The Labute approximate surface area is 76.7 Å². The smallest absolute Gasteiger partial charge is 0.0595 e. The van der Waals surface area contributed by atoms with E-state index in [0.29, 0.717) is 6.10 Å². The fraction of sp³-hybridized carbons (Fsp3) is 1.00. The van der Waals surface area contributed by atoms with E-state index in [0.717, 1.165) is 19.0 Å². The zero-order valence-corrected chi connectivity index (χ0v) is 8.89. The summed E-state index contributed by atoms with van der Waals surface area (Å²) in [5.74, 6) is 0.833. The van der Waals surface area contributed by atoms with Gasteiger partial charge in [-0.25, -0.2) is 0 Å². The van der Waals surface area contributed by atoms with Gasteiger partial charge in [0.2, 0.25) is 0 Å². The lowest BCUT2D eigenvalue weighted by Crippen LogP contribution is -2.31. The molecule has 1 heterocycles. The summed E-state index contributed by atoms with van der Waals surface area (Å²) >= 11 is 0. The lowest BCUT2D eigenvalue weighted by atomic mass is 10.1. The van der Waals surface area contributed by atoms with Gasteiger partial charge in [-0.1, -0.05) is 20.8 Å². The van der Waals surface area contributed by atoms with E-state index in [2.05, 4.69) is 26.1 Å². The lowest BCUT2D eigenvalue weighted by Gasteiger charge is -2.20. The third-order valence-electron chi connectivity index (χ3n) is 1.62. The Bertz CT molecular complexity index is 85.1. The van der Waals surface area contributed by atoms with Crippen LogP contribution in [0.15, 0.2) is 0 Å². The predicted molar refractivity (Wildman–Crippen MR) is 53.4 cm³/mol. The van der Waals surface area contributed by atoms with Gasteiger partial charge in [0, 0.05) is 7.11 Å². The Morgan fingerprint density at radius 1 is 1.17 bits per heavy atom. The highest BCUT2D eigenvalue weighted by Crippen LogP contribution is 2.04. The van der Waals surface area contributed by atoms with Crippen molar-refractivity contribution in [2.45, 2.75) is 39.7 Å². The molecule has 0 radical (unpaired) electrons. The van der Waals surface area contributed by atoms with Crippen molar-refractivity contribution in [1.29, 1.82) is 0 Å². The van der Waals surface area contributed by atoms with Gasteiger partial charge in [0.05, 0.1) is 6.10 Å². The van der Waals surface area contributed by atoms with Crippen LogP contribution in [0.1, 0.15) is 33.6 Å². The van der Waals surface area contributed by atoms with Gasteiger partial charge in [-0.05, 0) is 31.8 Å². The molecule has 0 atom stereocenters. The molecule has 12 heavy (non-hydrogen) atoms. The first-order valence-electron chi connectivity index (χ1n) is 4.90. The van der Waals surface area contributed by atoms with Crippen LogP contribution >= 0.6 is 0 Å². The minimum Gasteiger partial charge on any atom is -0.381 e. The molecule has 0 aliphatic carbocycles. The molecule has 0 bridgehead atoms. The topological polar surface area (TPSA) is 21.3 Å². The second-order valence-electron chi connectivity index (χ2n) is 3.92. The number of nitrogens with one attached hydrogen (secondary N) is 1. The summed E-state index contributed by atoms with van der Waals surface area (Å²) < 4.78 is 5.15. The molecule has 2 nitrogen and oxygen atoms in total. The van der Waals surface area contributed by atoms with Crippen LogP contribution < -0.4 is 5.32 Å². The van der Waals surface area contributed by atoms with E-state index in [1.54, 1.807) is 7.11 Å². The average molecular weight is 173 g/mol. The first-order chi connectivity index (χ1) is 5.66. The minimum absolute atomic E-state index is 0.524. The molecule has 1 saturated heterocycles. The summed E-state index contributed by atoms with van der Waals surface area (Å²) in [7, 11) is 1.79. The summed E-state index contributed by atoms with van der Waals surface area (Å²) in [4.78, 5) is 0. The Morgan fingerprint density at radius 2 is 1.58 bits per heavy atom. The number of piperidine rings is 1. The molecule has 0 unspecified atom stereocenters. The summed E-state index contributed by atoms with van der Waals surface area (Å²) in [6.45, 7) is 8.75. The van der Waals surface area contributed by atoms with E-state index in [4.69, 9.17) is 4.74 Å². The van der Waals surface area contributed by atoms with Crippen LogP contribution in [0.2, 0.25) is 0 Å². The molecule has 1 rings (SSSR count). The number of hydrogen-bond donors (Lipinski definition) is 1. The highest BCUT2D eigenvalue weighted by molar-refractivity contribution is 4.66. The fourth-order valence-corrected chi connectivity index (χ4v) is 1.03. The van der Waals surface area contributed by atoms with Gasteiger partial charge in [-0.2, -0.15) is 0 Å². The van der Waals surface area contributed by atoms with Crippen molar-refractivity contribution >= 4 is 0 Å². The van der Waals surface area contributed by atoms with Crippen LogP contribution in [-0.2, 0) is 4.74 Å². The number of rotatable bonds is 1. The normalized spacial score (nSPS) is 18.8. The van der Waals surface area contributed by atoms with E-state index in [1.807, 2.05) is 0 Å². The lowest BCUT2D eigenvalue weighted by molar-refractivity contribution is 0.0765. The third kappa shape index (κ3) is 8.02. The van der Waals surface area contributed by atoms with E-state index in [-0.39, 0.29) is 0 Å². The molecular formula is C10H23NO. The highest BCUT2D eigenvalue weighted by atomic mass is 16.5. The summed E-state index contributed by atoms with van der Waals surface area (Å²) in [5.41, 5.74) is 0. The Balaban J connectivity index is 0.000000261. The molecule has 0 aromatic heterocycles. The van der Waals surface area contributed by atoms with E-state index >= 15 is 0 Å². The van der Waals surface area contributed by atoms with Crippen LogP contribution in [-0.4, -0.2) is 26.3 Å². The van der Waals surface area contributed by atoms with Gasteiger partial charge in [-0.15, -0.1) is 0 Å². The first kappa shape index (κ1) is 11.9. The van der Waals surface area contributed by atoms with Crippen LogP contribution in [0.3, 0.4) is 0 Å². The molecule has 0 amide bonds. The van der Waals surface area contributed by atoms with Crippen LogP contribution in [0.25, 0.3) is 0 Å². The molecule has 0 saturated carbocycles. The van der Waals surface area contributed by atoms with E-state index < -0.39 is 0 Å². The van der Waals surface area contributed by atoms with E-state index in [9.17, 15) is 0 Å². The maximum absolute atomic E-state index is 5.15. The predicted octanol–water partition coefficient (Wildman–Crippen LogP) is 2.05. The number of methoxy groups -OCH3 is 1. The summed E-state index contributed by atoms with van der Waals surface area (Å²) in [5, 5.41) is 3.27. The van der Waals surface area contributed by atoms with Gasteiger partial charge >= 0.3 is 0 Å². The molecule has 0 spiro atoms. The van der Waals surface area contributed by atoms with Crippen molar-refractivity contribution in [3.63, 3.8) is 0 Å². The van der Waals surface area contributed by atoms with Gasteiger partial charge in [0.1, 0.15) is 0 Å². The summed E-state index contributed by atoms with van der Waals surface area (Å²) in [6, 6.07) is 0.